The highest BCUT2D eigenvalue weighted by Crippen LogP contribution is 2.63. The Bertz CT molecular complexity index is 673. The third-order valence-corrected chi connectivity index (χ3v) is 4.07. The molecule has 0 amide bonds. The van der Waals surface area contributed by atoms with Crippen molar-refractivity contribution in [2.75, 3.05) is 0 Å². The van der Waals surface area contributed by atoms with Gasteiger partial charge in [-0.1, -0.05) is 19.0 Å². The first-order chi connectivity index (χ1) is 9.04. The van der Waals surface area contributed by atoms with E-state index in [-0.39, 0.29) is 17.3 Å². The van der Waals surface area contributed by atoms with Crippen molar-refractivity contribution in [2.24, 2.45) is 11.3 Å². The van der Waals surface area contributed by atoms with Gasteiger partial charge in [-0.3, -0.25) is 4.98 Å². The molecule has 0 radical (unpaired) electrons. The first kappa shape index (κ1) is 12.3. The van der Waals surface area contributed by atoms with Crippen molar-refractivity contribution >= 4 is 15.9 Å². The van der Waals surface area contributed by atoms with Crippen LogP contribution in [0, 0.1) is 22.7 Å². The predicted molar refractivity (Wildman–Crippen MR) is 70.9 cm³/mol. The highest BCUT2D eigenvalue weighted by molar-refractivity contribution is 9.10. The number of aromatic nitrogens is 3. The van der Waals surface area contributed by atoms with Gasteiger partial charge in [0.2, 0.25) is 11.7 Å². The highest BCUT2D eigenvalue weighted by Gasteiger charge is 2.62. The molecule has 0 aromatic carbocycles. The largest absolute Gasteiger partial charge is 0.339 e. The maximum absolute atomic E-state index is 9.08. The van der Waals surface area contributed by atoms with Crippen molar-refractivity contribution in [3.8, 4) is 17.5 Å². The number of rotatable bonds is 2. The Morgan fingerprint density at radius 1 is 1.42 bits per heavy atom. The van der Waals surface area contributed by atoms with Crippen LogP contribution in [0.3, 0.4) is 0 Å². The summed E-state index contributed by atoms with van der Waals surface area (Å²) >= 11 is 3.35. The van der Waals surface area contributed by atoms with E-state index in [1.54, 1.807) is 12.4 Å². The minimum absolute atomic E-state index is 0.0267. The normalized spacial score (nSPS) is 23.9. The first-order valence-corrected chi connectivity index (χ1v) is 6.67. The van der Waals surface area contributed by atoms with Crippen LogP contribution in [0.1, 0.15) is 25.7 Å². The molecule has 0 aliphatic heterocycles. The summed E-state index contributed by atoms with van der Waals surface area (Å²) in [4.78, 5) is 8.46. The van der Waals surface area contributed by atoms with E-state index in [9.17, 15) is 0 Å². The molecular formula is C13H11BrN4O. The molecule has 0 bridgehead atoms. The number of nitriles is 1. The van der Waals surface area contributed by atoms with Gasteiger partial charge in [0, 0.05) is 22.4 Å². The third kappa shape index (κ3) is 1.94. The van der Waals surface area contributed by atoms with Gasteiger partial charge in [-0.15, -0.1) is 0 Å². The fourth-order valence-corrected chi connectivity index (χ4v) is 2.72. The second kappa shape index (κ2) is 4.14. The number of halogens is 1. The van der Waals surface area contributed by atoms with Gasteiger partial charge in [-0.2, -0.15) is 10.2 Å². The summed E-state index contributed by atoms with van der Waals surface area (Å²) in [6, 6.07) is 4.16. The topological polar surface area (TPSA) is 75.6 Å². The molecule has 6 heteroatoms. The maximum atomic E-state index is 9.08. The lowest BCUT2D eigenvalue weighted by Gasteiger charge is -1.95. The first-order valence-electron chi connectivity index (χ1n) is 5.88. The van der Waals surface area contributed by atoms with Crippen LogP contribution in [0.15, 0.2) is 27.5 Å². The van der Waals surface area contributed by atoms with Crippen LogP contribution in [-0.4, -0.2) is 15.1 Å². The van der Waals surface area contributed by atoms with E-state index in [4.69, 9.17) is 9.78 Å². The standard InChI is InChI=1S/C13H11BrN4O/c1-13(2)9(4-15)10(13)12-17-11(18-19-12)7-3-8(14)6-16-5-7/h3,5-6,9-10H,1-2H3. The summed E-state index contributed by atoms with van der Waals surface area (Å²) in [5, 5.41) is 13.0. The molecule has 1 aliphatic rings. The molecule has 2 heterocycles. The summed E-state index contributed by atoms with van der Waals surface area (Å²) in [7, 11) is 0. The molecule has 96 valence electrons. The number of pyridine rings is 1. The lowest BCUT2D eigenvalue weighted by Crippen LogP contribution is -1.90. The molecule has 2 aromatic heterocycles. The van der Waals surface area contributed by atoms with Crippen LogP contribution in [0.25, 0.3) is 11.4 Å². The SMILES string of the molecule is CC1(C)C(C#N)C1c1nc(-c2cncc(Br)c2)no1. The van der Waals surface area contributed by atoms with Crippen molar-refractivity contribution in [3.05, 3.63) is 28.8 Å². The minimum atomic E-state index is -0.0892. The number of nitrogens with zero attached hydrogens (tertiary/aromatic N) is 4. The summed E-state index contributed by atoms with van der Waals surface area (Å²) < 4.78 is 6.15. The maximum Gasteiger partial charge on any atom is 0.232 e. The van der Waals surface area contributed by atoms with Gasteiger partial charge in [0.15, 0.2) is 0 Å². The van der Waals surface area contributed by atoms with E-state index in [2.05, 4.69) is 37.1 Å². The Kier molecular flexibility index (Phi) is 2.68. The van der Waals surface area contributed by atoms with Gasteiger partial charge >= 0.3 is 0 Å². The van der Waals surface area contributed by atoms with Gasteiger partial charge in [0.05, 0.1) is 17.9 Å². The van der Waals surface area contributed by atoms with E-state index in [1.807, 2.05) is 19.9 Å². The molecule has 3 rings (SSSR count). The molecule has 19 heavy (non-hydrogen) atoms. The number of hydrogen-bond donors (Lipinski definition) is 0. The molecule has 5 nitrogen and oxygen atoms in total. The molecule has 2 aromatic rings. The van der Waals surface area contributed by atoms with Crippen LogP contribution < -0.4 is 0 Å². The van der Waals surface area contributed by atoms with Crippen LogP contribution >= 0.6 is 15.9 Å². The smallest absolute Gasteiger partial charge is 0.232 e. The lowest BCUT2D eigenvalue weighted by molar-refractivity contribution is 0.368. The average Bonchev–Trinajstić information content (AvgIpc) is 2.76. The molecule has 1 fully saturated rings. The zero-order valence-electron chi connectivity index (χ0n) is 10.5. The van der Waals surface area contributed by atoms with Gasteiger partial charge in [-0.25, -0.2) is 0 Å². The van der Waals surface area contributed by atoms with Crippen LogP contribution in [0.4, 0.5) is 0 Å². The molecule has 2 atom stereocenters. The Morgan fingerprint density at radius 3 is 2.84 bits per heavy atom. The Morgan fingerprint density at radius 2 is 2.21 bits per heavy atom. The summed E-state index contributed by atoms with van der Waals surface area (Å²) in [6.45, 7) is 4.08. The quantitative estimate of drug-likeness (QED) is 0.850. The van der Waals surface area contributed by atoms with Crippen molar-refractivity contribution in [1.82, 2.24) is 15.1 Å². The molecule has 0 saturated heterocycles. The van der Waals surface area contributed by atoms with Crippen molar-refractivity contribution < 1.29 is 4.52 Å². The van der Waals surface area contributed by atoms with E-state index < -0.39 is 0 Å². The fourth-order valence-electron chi connectivity index (χ4n) is 2.35. The Hall–Kier alpha value is -1.74. The van der Waals surface area contributed by atoms with Gasteiger partial charge < -0.3 is 4.52 Å². The minimum Gasteiger partial charge on any atom is -0.339 e. The molecular weight excluding hydrogens is 308 g/mol. The monoisotopic (exact) mass is 318 g/mol. The second-order valence-corrected chi connectivity index (χ2v) is 6.17. The zero-order chi connectivity index (χ0) is 13.6. The van der Waals surface area contributed by atoms with Crippen molar-refractivity contribution in [3.63, 3.8) is 0 Å². The third-order valence-electron chi connectivity index (χ3n) is 3.64. The van der Waals surface area contributed by atoms with Crippen molar-refractivity contribution in [1.29, 1.82) is 5.26 Å². The summed E-state index contributed by atoms with van der Waals surface area (Å²) in [5.74, 6) is 1.01. The van der Waals surface area contributed by atoms with E-state index in [0.717, 1.165) is 10.0 Å². The van der Waals surface area contributed by atoms with E-state index in [1.165, 1.54) is 0 Å². The predicted octanol–water partition coefficient (Wildman–Crippen LogP) is 3.16. The molecule has 1 saturated carbocycles. The Labute approximate surface area is 118 Å². The summed E-state index contributed by atoms with van der Waals surface area (Å²) in [5.41, 5.74) is 0.699. The van der Waals surface area contributed by atoms with Crippen molar-refractivity contribution in [2.45, 2.75) is 19.8 Å². The van der Waals surface area contributed by atoms with Gasteiger partial charge in [0.1, 0.15) is 0 Å². The molecule has 0 spiro atoms. The van der Waals surface area contributed by atoms with Crippen LogP contribution in [-0.2, 0) is 0 Å². The highest BCUT2D eigenvalue weighted by atomic mass is 79.9. The van der Waals surface area contributed by atoms with Gasteiger partial charge in [0.25, 0.3) is 0 Å². The van der Waals surface area contributed by atoms with Gasteiger partial charge in [-0.05, 0) is 27.4 Å². The molecule has 2 unspecified atom stereocenters. The molecule has 1 aliphatic carbocycles. The van der Waals surface area contributed by atoms with E-state index in [0.29, 0.717) is 11.7 Å². The van der Waals surface area contributed by atoms with E-state index >= 15 is 0 Å². The van der Waals surface area contributed by atoms with Crippen LogP contribution in [0.5, 0.6) is 0 Å². The zero-order valence-corrected chi connectivity index (χ0v) is 12.0. The Balaban J connectivity index is 1.92. The van der Waals surface area contributed by atoms with Crippen LogP contribution in [0.2, 0.25) is 0 Å². The molecule has 0 N–H and O–H groups in total. The lowest BCUT2D eigenvalue weighted by atomic mass is 10.1. The second-order valence-electron chi connectivity index (χ2n) is 5.25. The summed E-state index contributed by atoms with van der Waals surface area (Å²) in [6.07, 6.45) is 3.37. The average molecular weight is 319 g/mol. The number of hydrogen-bond acceptors (Lipinski definition) is 5. The fraction of sp³-hybridized carbons (Fsp3) is 0.385.